The van der Waals surface area contributed by atoms with Crippen molar-refractivity contribution in [2.24, 2.45) is 0 Å². The Bertz CT molecular complexity index is 640. The average molecular weight is 342 g/mol. The highest BCUT2D eigenvalue weighted by Crippen LogP contribution is 2.19. The lowest BCUT2D eigenvalue weighted by Gasteiger charge is -2.10. The molecule has 0 fully saturated rings. The van der Waals surface area contributed by atoms with Gasteiger partial charge in [0.05, 0.1) is 10.7 Å². The Labute approximate surface area is 125 Å². The van der Waals surface area contributed by atoms with E-state index in [1.807, 2.05) is 37.3 Å². The number of aryl methyl sites for hydroxylation is 1. The predicted molar refractivity (Wildman–Crippen MR) is 83.1 cm³/mol. The lowest BCUT2D eigenvalue weighted by molar-refractivity contribution is 0.690. The molecule has 0 aliphatic carbocycles. The second-order valence-electron chi connectivity index (χ2n) is 4.25. The van der Waals surface area contributed by atoms with Gasteiger partial charge in [0.15, 0.2) is 0 Å². The molecule has 0 atom stereocenters. The molecule has 19 heavy (non-hydrogen) atoms. The fraction of sp³-hybridized carbons (Fsp3) is 0.214. The predicted octanol–water partition coefficient (Wildman–Crippen LogP) is 3.68. The lowest BCUT2D eigenvalue weighted by atomic mass is 10.3. The van der Waals surface area contributed by atoms with Crippen molar-refractivity contribution in [2.45, 2.75) is 13.5 Å². The zero-order valence-corrected chi connectivity index (χ0v) is 12.8. The number of rotatable bonds is 4. The van der Waals surface area contributed by atoms with E-state index in [0.29, 0.717) is 18.1 Å². The van der Waals surface area contributed by atoms with Crippen LogP contribution in [-0.4, -0.2) is 11.1 Å². The number of pyridine rings is 1. The van der Waals surface area contributed by atoms with E-state index in [4.69, 9.17) is 11.6 Å². The molecule has 2 aromatic rings. The standard InChI is InChI=1S/C14H14BrClN2O/c1-10-8-11(15)9-18(14(10)19)7-6-17-13-5-3-2-4-12(13)16/h2-5,8-9,17H,6-7H2,1H3. The Hall–Kier alpha value is -1.26. The number of nitrogens with zero attached hydrogens (tertiary/aromatic N) is 1. The first-order valence-electron chi connectivity index (χ1n) is 5.93. The Morgan fingerprint density at radius 2 is 2.11 bits per heavy atom. The average Bonchev–Trinajstić information content (AvgIpc) is 2.37. The van der Waals surface area contributed by atoms with E-state index in [0.717, 1.165) is 15.7 Å². The van der Waals surface area contributed by atoms with Crippen LogP contribution in [0.1, 0.15) is 5.56 Å². The van der Waals surface area contributed by atoms with E-state index in [9.17, 15) is 4.79 Å². The van der Waals surface area contributed by atoms with Gasteiger partial charge in [-0.1, -0.05) is 23.7 Å². The number of benzene rings is 1. The van der Waals surface area contributed by atoms with Crippen LogP contribution < -0.4 is 10.9 Å². The van der Waals surface area contributed by atoms with E-state index < -0.39 is 0 Å². The van der Waals surface area contributed by atoms with Gasteiger partial charge in [0.2, 0.25) is 0 Å². The van der Waals surface area contributed by atoms with E-state index in [-0.39, 0.29) is 5.56 Å². The van der Waals surface area contributed by atoms with Crippen molar-refractivity contribution in [1.29, 1.82) is 0 Å². The molecule has 2 rings (SSSR count). The zero-order valence-electron chi connectivity index (χ0n) is 10.5. The van der Waals surface area contributed by atoms with Gasteiger partial charge in [-0.05, 0) is 41.1 Å². The van der Waals surface area contributed by atoms with Crippen LogP contribution in [0.5, 0.6) is 0 Å². The second-order valence-corrected chi connectivity index (χ2v) is 5.57. The van der Waals surface area contributed by atoms with E-state index in [1.54, 1.807) is 10.8 Å². The number of aromatic nitrogens is 1. The third kappa shape index (κ3) is 3.61. The van der Waals surface area contributed by atoms with Crippen LogP contribution in [0.4, 0.5) is 5.69 Å². The van der Waals surface area contributed by atoms with Crippen molar-refractivity contribution in [2.75, 3.05) is 11.9 Å². The molecular formula is C14H14BrClN2O. The van der Waals surface area contributed by atoms with Crippen molar-refractivity contribution in [3.05, 3.63) is 61.9 Å². The van der Waals surface area contributed by atoms with Gasteiger partial charge in [-0.3, -0.25) is 4.79 Å². The van der Waals surface area contributed by atoms with Crippen LogP contribution in [-0.2, 0) is 6.54 Å². The normalized spacial score (nSPS) is 10.5. The first-order chi connectivity index (χ1) is 9.08. The molecule has 0 bridgehead atoms. The van der Waals surface area contributed by atoms with Gasteiger partial charge in [-0.2, -0.15) is 0 Å². The summed E-state index contributed by atoms with van der Waals surface area (Å²) in [7, 11) is 0. The minimum absolute atomic E-state index is 0.0316. The molecule has 1 heterocycles. The van der Waals surface area contributed by atoms with Gasteiger partial charge >= 0.3 is 0 Å². The molecule has 100 valence electrons. The molecule has 0 spiro atoms. The van der Waals surface area contributed by atoms with Gasteiger partial charge < -0.3 is 9.88 Å². The number of halogens is 2. The third-order valence-electron chi connectivity index (χ3n) is 2.77. The lowest BCUT2D eigenvalue weighted by Crippen LogP contribution is -2.25. The Balaban J connectivity index is 2.04. The summed E-state index contributed by atoms with van der Waals surface area (Å²) in [5.41, 5.74) is 1.64. The van der Waals surface area contributed by atoms with Crippen molar-refractivity contribution in [3.8, 4) is 0 Å². The van der Waals surface area contributed by atoms with Crippen molar-refractivity contribution >= 4 is 33.2 Å². The Morgan fingerprint density at radius 3 is 2.84 bits per heavy atom. The highest BCUT2D eigenvalue weighted by atomic mass is 79.9. The molecule has 1 N–H and O–H groups in total. The molecule has 1 aromatic heterocycles. The Kier molecular flexibility index (Phi) is 4.66. The van der Waals surface area contributed by atoms with Crippen LogP contribution in [0.3, 0.4) is 0 Å². The summed E-state index contributed by atoms with van der Waals surface area (Å²) in [6, 6.07) is 9.37. The Morgan fingerprint density at radius 1 is 1.37 bits per heavy atom. The summed E-state index contributed by atoms with van der Waals surface area (Å²) < 4.78 is 2.59. The first-order valence-corrected chi connectivity index (χ1v) is 7.10. The number of nitrogens with one attached hydrogen (secondary N) is 1. The number of anilines is 1. The first kappa shape index (κ1) is 14.2. The SMILES string of the molecule is Cc1cc(Br)cn(CCNc2ccccc2Cl)c1=O. The van der Waals surface area contributed by atoms with Crippen molar-refractivity contribution in [1.82, 2.24) is 4.57 Å². The molecule has 5 heteroatoms. The van der Waals surface area contributed by atoms with Gasteiger partial charge in [0, 0.05) is 29.3 Å². The molecule has 0 aliphatic heterocycles. The van der Waals surface area contributed by atoms with Crippen LogP contribution >= 0.6 is 27.5 Å². The molecular weight excluding hydrogens is 328 g/mol. The van der Waals surface area contributed by atoms with Crippen molar-refractivity contribution < 1.29 is 0 Å². The summed E-state index contributed by atoms with van der Waals surface area (Å²) in [4.78, 5) is 11.9. The fourth-order valence-electron chi connectivity index (χ4n) is 1.82. The highest BCUT2D eigenvalue weighted by molar-refractivity contribution is 9.10. The van der Waals surface area contributed by atoms with Gasteiger partial charge in [0.1, 0.15) is 0 Å². The summed E-state index contributed by atoms with van der Waals surface area (Å²) in [6.45, 7) is 3.04. The monoisotopic (exact) mass is 340 g/mol. The smallest absolute Gasteiger partial charge is 0.253 e. The topological polar surface area (TPSA) is 34.0 Å². The number of para-hydroxylation sites is 1. The number of hydrogen-bond acceptors (Lipinski definition) is 2. The maximum atomic E-state index is 11.9. The molecule has 0 saturated heterocycles. The summed E-state index contributed by atoms with van der Waals surface area (Å²) in [6.07, 6.45) is 1.80. The van der Waals surface area contributed by atoms with E-state index >= 15 is 0 Å². The zero-order chi connectivity index (χ0) is 13.8. The minimum Gasteiger partial charge on any atom is -0.382 e. The van der Waals surface area contributed by atoms with E-state index in [2.05, 4.69) is 21.2 Å². The molecule has 0 aliphatic rings. The van der Waals surface area contributed by atoms with Gasteiger partial charge in [-0.25, -0.2) is 0 Å². The van der Waals surface area contributed by atoms with Gasteiger partial charge in [-0.15, -0.1) is 0 Å². The third-order valence-corrected chi connectivity index (χ3v) is 3.54. The van der Waals surface area contributed by atoms with E-state index in [1.165, 1.54) is 0 Å². The second kappa shape index (κ2) is 6.26. The van der Waals surface area contributed by atoms with Crippen LogP contribution in [0.2, 0.25) is 5.02 Å². The fourth-order valence-corrected chi connectivity index (χ4v) is 2.61. The van der Waals surface area contributed by atoms with Crippen molar-refractivity contribution in [3.63, 3.8) is 0 Å². The minimum atomic E-state index is 0.0316. The van der Waals surface area contributed by atoms with Crippen LogP contribution in [0.15, 0.2) is 45.8 Å². The van der Waals surface area contributed by atoms with Gasteiger partial charge in [0.25, 0.3) is 5.56 Å². The summed E-state index contributed by atoms with van der Waals surface area (Å²) in [5.74, 6) is 0. The quantitative estimate of drug-likeness (QED) is 0.920. The molecule has 0 amide bonds. The molecule has 3 nitrogen and oxygen atoms in total. The molecule has 0 radical (unpaired) electrons. The summed E-state index contributed by atoms with van der Waals surface area (Å²) in [5, 5.41) is 3.90. The highest BCUT2D eigenvalue weighted by Gasteiger charge is 2.02. The number of hydrogen-bond donors (Lipinski definition) is 1. The molecule has 1 aromatic carbocycles. The largest absolute Gasteiger partial charge is 0.382 e. The summed E-state index contributed by atoms with van der Waals surface area (Å²) >= 11 is 9.44. The molecule has 0 saturated carbocycles. The maximum absolute atomic E-state index is 11.9. The van der Waals surface area contributed by atoms with Crippen LogP contribution in [0.25, 0.3) is 0 Å². The van der Waals surface area contributed by atoms with Crippen LogP contribution in [0, 0.1) is 6.92 Å². The molecule has 0 unspecified atom stereocenters. The maximum Gasteiger partial charge on any atom is 0.253 e.